The first-order chi connectivity index (χ1) is 6.74. The second-order valence-corrected chi connectivity index (χ2v) is 3.26. The van der Waals surface area contributed by atoms with E-state index in [0.29, 0.717) is 18.5 Å². The van der Waals surface area contributed by atoms with Gasteiger partial charge < -0.3 is 10.4 Å². The van der Waals surface area contributed by atoms with Crippen LogP contribution in [-0.4, -0.2) is 24.3 Å². The highest BCUT2D eigenvalue weighted by Gasteiger charge is 2.07. The maximum Gasteiger partial charge on any atom is 0.126 e. The van der Waals surface area contributed by atoms with Crippen molar-refractivity contribution in [3.05, 3.63) is 35.6 Å². The van der Waals surface area contributed by atoms with Crippen LogP contribution in [0.25, 0.3) is 0 Å². The van der Waals surface area contributed by atoms with E-state index in [0.717, 1.165) is 6.54 Å². The van der Waals surface area contributed by atoms with Gasteiger partial charge in [-0.3, -0.25) is 0 Å². The summed E-state index contributed by atoms with van der Waals surface area (Å²) >= 11 is 0. The fourth-order valence-corrected chi connectivity index (χ4v) is 1.30. The minimum Gasteiger partial charge on any atom is -0.391 e. The third-order valence-corrected chi connectivity index (χ3v) is 2.04. The third kappa shape index (κ3) is 3.44. The van der Waals surface area contributed by atoms with Crippen molar-refractivity contribution < 1.29 is 9.50 Å². The molecule has 1 unspecified atom stereocenters. The van der Waals surface area contributed by atoms with E-state index in [1.807, 2.05) is 6.92 Å². The number of hydrogen-bond donors (Lipinski definition) is 2. The molecule has 0 aliphatic carbocycles. The Morgan fingerprint density at radius 1 is 1.43 bits per heavy atom. The first kappa shape index (κ1) is 11.1. The summed E-state index contributed by atoms with van der Waals surface area (Å²) in [6.07, 6.45) is -0.161. The van der Waals surface area contributed by atoms with Crippen LogP contribution in [0.4, 0.5) is 4.39 Å². The number of halogens is 1. The van der Waals surface area contributed by atoms with E-state index in [-0.39, 0.29) is 5.82 Å². The average Bonchev–Trinajstić information content (AvgIpc) is 2.18. The van der Waals surface area contributed by atoms with Crippen LogP contribution in [0.5, 0.6) is 0 Å². The molecule has 14 heavy (non-hydrogen) atoms. The molecule has 0 amide bonds. The fraction of sp³-hybridized carbons (Fsp3) is 0.455. The molecule has 1 aromatic carbocycles. The second kappa shape index (κ2) is 5.73. The summed E-state index contributed by atoms with van der Waals surface area (Å²) in [4.78, 5) is 0. The normalized spacial score (nSPS) is 12.8. The predicted octanol–water partition coefficient (Wildman–Crippen LogP) is 1.34. The van der Waals surface area contributed by atoms with E-state index in [4.69, 9.17) is 0 Å². The van der Waals surface area contributed by atoms with Gasteiger partial charge in [0.2, 0.25) is 0 Å². The Labute approximate surface area is 83.8 Å². The van der Waals surface area contributed by atoms with Crippen LogP contribution in [0, 0.1) is 5.82 Å². The lowest BCUT2D eigenvalue weighted by molar-refractivity contribution is 0.171. The Bertz CT molecular complexity index is 278. The zero-order valence-corrected chi connectivity index (χ0v) is 8.33. The van der Waals surface area contributed by atoms with Crippen LogP contribution in [0.2, 0.25) is 0 Å². The van der Waals surface area contributed by atoms with Gasteiger partial charge in [-0.05, 0) is 18.2 Å². The minimum absolute atomic E-state index is 0.247. The van der Waals surface area contributed by atoms with Crippen molar-refractivity contribution in [3.63, 3.8) is 0 Å². The van der Waals surface area contributed by atoms with E-state index in [2.05, 4.69) is 5.32 Å². The molecule has 0 bridgehead atoms. The monoisotopic (exact) mass is 197 g/mol. The summed E-state index contributed by atoms with van der Waals surface area (Å²) in [6, 6.07) is 6.54. The predicted molar refractivity (Wildman–Crippen MR) is 54.7 cm³/mol. The molecule has 2 nitrogen and oxygen atoms in total. The van der Waals surface area contributed by atoms with Crippen molar-refractivity contribution in [2.75, 3.05) is 13.1 Å². The topological polar surface area (TPSA) is 32.3 Å². The number of rotatable bonds is 5. The van der Waals surface area contributed by atoms with Crippen molar-refractivity contribution in [3.8, 4) is 0 Å². The molecule has 1 rings (SSSR count). The first-order valence-electron chi connectivity index (χ1n) is 4.86. The molecule has 1 atom stereocenters. The molecule has 0 heterocycles. The smallest absolute Gasteiger partial charge is 0.126 e. The maximum atomic E-state index is 13.1. The van der Waals surface area contributed by atoms with Crippen LogP contribution < -0.4 is 5.32 Å². The van der Waals surface area contributed by atoms with Gasteiger partial charge in [0.1, 0.15) is 5.82 Å². The van der Waals surface area contributed by atoms with Gasteiger partial charge in [-0.15, -0.1) is 0 Å². The van der Waals surface area contributed by atoms with Gasteiger partial charge in [-0.25, -0.2) is 4.39 Å². The van der Waals surface area contributed by atoms with Gasteiger partial charge in [0.15, 0.2) is 0 Å². The highest BCUT2D eigenvalue weighted by molar-refractivity contribution is 5.18. The van der Waals surface area contributed by atoms with Crippen molar-refractivity contribution in [1.82, 2.24) is 5.32 Å². The SMILES string of the molecule is CCNCC(O)Cc1ccccc1F. The van der Waals surface area contributed by atoms with Crippen molar-refractivity contribution in [2.45, 2.75) is 19.4 Å². The van der Waals surface area contributed by atoms with E-state index in [9.17, 15) is 9.50 Å². The van der Waals surface area contributed by atoms with Crippen molar-refractivity contribution in [1.29, 1.82) is 0 Å². The Kier molecular flexibility index (Phi) is 4.56. The molecular formula is C11H16FNO. The van der Waals surface area contributed by atoms with Crippen LogP contribution in [0.3, 0.4) is 0 Å². The molecule has 1 aromatic rings. The quantitative estimate of drug-likeness (QED) is 0.746. The highest BCUT2D eigenvalue weighted by atomic mass is 19.1. The Hall–Kier alpha value is -0.930. The number of nitrogens with one attached hydrogen (secondary N) is 1. The summed E-state index contributed by atoms with van der Waals surface area (Å²) in [5.74, 6) is -0.247. The Balaban J connectivity index is 2.47. The molecule has 0 radical (unpaired) electrons. The fourth-order valence-electron chi connectivity index (χ4n) is 1.30. The van der Waals surface area contributed by atoms with Crippen LogP contribution in [-0.2, 0) is 6.42 Å². The van der Waals surface area contributed by atoms with Gasteiger partial charge in [0.25, 0.3) is 0 Å². The lowest BCUT2D eigenvalue weighted by atomic mass is 10.1. The van der Waals surface area contributed by atoms with Crippen molar-refractivity contribution in [2.24, 2.45) is 0 Å². The molecule has 0 spiro atoms. The van der Waals surface area contributed by atoms with Gasteiger partial charge in [-0.1, -0.05) is 25.1 Å². The number of likely N-dealkylation sites (N-methyl/N-ethyl adjacent to an activating group) is 1. The molecule has 0 aliphatic heterocycles. The highest BCUT2D eigenvalue weighted by Crippen LogP contribution is 2.08. The van der Waals surface area contributed by atoms with Gasteiger partial charge in [0.05, 0.1) is 6.10 Å². The summed E-state index contributed by atoms with van der Waals surface area (Å²) in [5, 5.41) is 12.5. The standard InChI is InChI=1S/C11H16FNO/c1-2-13-8-10(14)7-9-5-3-4-6-11(9)12/h3-6,10,13-14H,2,7-8H2,1H3. The molecule has 0 aliphatic rings. The maximum absolute atomic E-state index is 13.1. The number of aliphatic hydroxyl groups is 1. The largest absolute Gasteiger partial charge is 0.391 e. The Morgan fingerprint density at radius 2 is 2.14 bits per heavy atom. The zero-order valence-electron chi connectivity index (χ0n) is 8.33. The molecule has 3 heteroatoms. The lowest BCUT2D eigenvalue weighted by Gasteiger charge is -2.11. The van der Waals surface area contributed by atoms with Crippen LogP contribution in [0.15, 0.2) is 24.3 Å². The first-order valence-corrected chi connectivity index (χ1v) is 4.86. The number of benzene rings is 1. The van der Waals surface area contributed by atoms with Crippen LogP contribution in [0.1, 0.15) is 12.5 Å². The average molecular weight is 197 g/mol. The second-order valence-electron chi connectivity index (χ2n) is 3.26. The summed E-state index contributed by atoms with van der Waals surface area (Å²) in [5.41, 5.74) is 0.568. The van der Waals surface area contributed by atoms with E-state index in [1.54, 1.807) is 18.2 Å². The molecule has 2 N–H and O–H groups in total. The molecular weight excluding hydrogens is 181 g/mol. The van der Waals surface area contributed by atoms with E-state index in [1.165, 1.54) is 6.07 Å². The number of hydrogen-bond acceptors (Lipinski definition) is 2. The molecule has 0 saturated heterocycles. The molecule has 78 valence electrons. The zero-order chi connectivity index (χ0) is 10.4. The lowest BCUT2D eigenvalue weighted by Crippen LogP contribution is -2.28. The van der Waals surface area contributed by atoms with Crippen molar-refractivity contribution >= 4 is 0 Å². The molecule has 0 aromatic heterocycles. The summed E-state index contributed by atoms with van der Waals surface area (Å²) in [7, 11) is 0. The van der Waals surface area contributed by atoms with Gasteiger partial charge >= 0.3 is 0 Å². The van der Waals surface area contributed by atoms with Gasteiger partial charge in [-0.2, -0.15) is 0 Å². The van der Waals surface area contributed by atoms with E-state index >= 15 is 0 Å². The van der Waals surface area contributed by atoms with Crippen LogP contribution >= 0.6 is 0 Å². The molecule has 0 saturated carbocycles. The van der Waals surface area contributed by atoms with Gasteiger partial charge in [0, 0.05) is 13.0 Å². The summed E-state index contributed by atoms with van der Waals surface area (Å²) < 4.78 is 13.1. The number of aliphatic hydroxyl groups excluding tert-OH is 1. The molecule has 0 fully saturated rings. The third-order valence-electron chi connectivity index (χ3n) is 2.04. The Morgan fingerprint density at radius 3 is 2.79 bits per heavy atom. The summed E-state index contributed by atoms with van der Waals surface area (Å²) in [6.45, 7) is 3.29. The minimum atomic E-state index is -0.521. The van der Waals surface area contributed by atoms with E-state index < -0.39 is 6.10 Å².